The number of carbonyl (C=O) groups is 2. The maximum Gasteiger partial charge on any atom is 0.267 e. The molecule has 2 aromatic heterocycles. The van der Waals surface area contributed by atoms with Crippen molar-refractivity contribution in [2.75, 3.05) is 11.9 Å². The molecule has 7 nitrogen and oxygen atoms in total. The minimum absolute atomic E-state index is 0.186. The molecule has 1 aromatic carbocycles. The van der Waals surface area contributed by atoms with Gasteiger partial charge in [0.2, 0.25) is 5.91 Å². The molecule has 2 amide bonds. The van der Waals surface area contributed by atoms with Crippen LogP contribution in [0, 0.1) is 6.92 Å². The molecule has 1 aliphatic heterocycles. The fourth-order valence-corrected chi connectivity index (χ4v) is 4.05. The Kier molecular flexibility index (Phi) is 5.12. The van der Waals surface area contributed by atoms with E-state index in [0.29, 0.717) is 40.1 Å². The first-order valence-corrected chi connectivity index (χ1v) is 9.85. The first-order chi connectivity index (χ1) is 13.6. The smallest absolute Gasteiger partial charge is 0.267 e. The van der Waals surface area contributed by atoms with Gasteiger partial charge in [0.25, 0.3) is 5.91 Å². The molecule has 1 N–H and O–H groups in total. The number of amides is 2. The fourth-order valence-electron chi connectivity index (χ4n) is 3.14. The Morgan fingerprint density at radius 2 is 2.07 bits per heavy atom. The first kappa shape index (κ1) is 18.2. The molecule has 0 spiro atoms. The highest BCUT2D eigenvalue weighted by molar-refractivity contribution is 7.17. The van der Waals surface area contributed by atoms with Gasteiger partial charge in [-0.15, -0.1) is 11.3 Å². The van der Waals surface area contributed by atoms with E-state index >= 15 is 0 Å². The minimum atomic E-state index is -0.216. The van der Waals surface area contributed by atoms with Crippen LogP contribution in [-0.4, -0.2) is 38.2 Å². The van der Waals surface area contributed by atoms with Gasteiger partial charge in [-0.2, -0.15) is 0 Å². The van der Waals surface area contributed by atoms with Crippen LogP contribution in [0.5, 0.6) is 0 Å². The average molecular weight is 393 g/mol. The lowest BCUT2D eigenvalue weighted by molar-refractivity contribution is -0.128. The van der Waals surface area contributed by atoms with Crippen LogP contribution in [0.4, 0.5) is 5.69 Å². The van der Waals surface area contributed by atoms with Gasteiger partial charge < -0.3 is 10.2 Å². The molecule has 4 rings (SSSR count). The van der Waals surface area contributed by atoms with Gasteiger partial charge in [0.15, 0.2) is 10.8 Å². The summed E-state index contributed by atoms with van der Waals surface area (Å²) in [5, 5.41) is 3.54. The van der Waals surface area contributed by atoms with Crippen LogP contribution in [-0.2, 0) is 11.3 Å². The number of thiazole rings is 1. The van der Waals surface area contributed by atoms with Crippen LogP contribution in [0.3, 0.4) is 0 Å². The third-order valence-electron chi connectivity index (χ3n) is 4.49. The number of carbonyl (C=O) groups excluding carboxylic acids is 2. The van der Waals surface area contributed by atoms with Crippen molar-refractivity contribution in [3.63, 3.8) is 0 Å². The summed E-state index contributed by atoms with van der Waals surface area (Å²) in [5.74, 6) is 0.476. The summed E-state index contributed by atoms with van der Waals surface area (Å²) < 4.78 is 0. The maximum atomic E-state index is 12.7. The molecule has 28 heavy (non-hydrogen) atoms. The Labute approximate surface area is 166 Å². The van der Waals surface area contributed by atoms with Crippen molar-refractivity contribution >= 4 is 28.8 Å². The molecule has 1 saturated heterocycles. The predicted octanol–water partition coefficient (Wildman–Crippen LogP) is 3.28. The maximum absolute atomic E-state index is 12.7. The number of hydrogen-bond donors (Lipinski definition) is 1. The van der Waals surface area contributed by atoms with Crippen molar-refractivity contribution < 1.29 is 9.59 Å². The molecule has 1 aliphatic rings. The molecular formula is C20H19N5O2S. The number of anilines is 1. The highest BCUT2D eigenvalue weighted by Crippen LogP contribution is 2.26. The molecule has 8 heteroatoms. The van der Waals surface area contributed by atoms with Crippen LogP contribution in [0.25, 0.3) is 10.8 Å². The Morgan fingerprint density at radius 1 is 1.25 bits per heavy atom. The number of hydrogen-bond acceptors (Lipinski definition) is 6. The first-order valence-electron chi connectivity index (χ1n) is 9.03. The normalized spacial score (nSPS) is 13.8. The lowest BCUT2D eigenvalue weighted by atomic mass is 10.2. The number of nitrogens with one attached hydrogen (secondary N) is 1. The average Bonchev–Trinajstić information content (AvgIpc) is 3.28. The standard InChI is InChI=1S/C20H19N5O2S/c1-13-17(28-20(23-13)18-21-8-4-9-22-18)19(27)24-15-6-2-5-14(11-15)12-25-10-3-7-16(25)26/h2,4-6,8-9,11H,3,7,10,12H2,1H3,(H,24,27). The number of likely N-dealkylation sites (tertiary alicyclic amines) is 1. The number of aryl methyl sites for hydroxylation is 1. The van der Waals surface area contributed by atoms with Gasteiger partial charge in [-0.25, -0.2) is 15.0 Å². The monoisotopic (exact) mass is 393 g/mol. The highest BCUT2D eigenvalue weighted by Gasteiger charge is 2.21. The number of aromatic nitrogens is 3. The molecule has 0 saturated carbocycles. The molecule has 142 valence electrons. The zero-order valence-corrected chi connectivity index (χ0v) is 16.2. The van der Waals surface area contributed by atoms with Gasteiger partial charge >= 0.3 is 0 Å². The topological polar surface area (TPSA) is 88.1 Å². The summed E-state index contributed by atoms with van der Waals surface area (Å²) >= 11 is 1.27. The molecule has 0 atom stereocenters. The predicted molar refractivity (Wildman–Crippen MR) is 107 cm³/mol. The second kappa shape index (κ2) is 7.85. The third-order valence-corrected chi connectivity index (χ3v) is 5.64. The minimum Gasteiger partial charge on any atom is -0.338 e. The van der Waals surface area contributed by atoms with Crippen molar-refractivity contribution in [2.24, 2.45) is 0 Å². The molecule has 1 fully saturated rings. The largest absolute Gasteiger partial charge is 0.338 e. The van der Waals surface area contributed by atoms with E-state index in [4.69, 9.17) is 0 Å². The van der Waals surface area contributed by atoms with Gasteiger partial charge in [-0.1, -0.05) is 12.1 Å². The van der Waals surface area contributed by atoms with Crippen LogP contribution in [0.2, 0.25) is 0 Å². The van der Waals surface area contributed by atoms with Crippen molar-refractivity contribution in [3.05, 3.63) is 58.9 Å². The number of rotatable bonds is 5. The summed E-state index contributed by atoms with van der Waals surface area (Å²) in [4.78, 5) is 39.7. The zero-order valence-electron chi connectivity index (χ0n) is 15.4. The van der Waals surface area contributed by atoms with Crippen molar-refractivity contribution in [2.45, 2.75) is 26.3 Å². The van der Waals surface area contributed by atoms with E-state index in [-0.39, 0.29) is 11.8 Å². The second-order valence-corrected chi connectivity index (χ2v) is 7.58. The van der Waals surface area contributed by atoms with E-state index in [1.807, 2.05) is 29.2 Å². The Morgan fingerprint density at radius 3 is 2.82 bits per heavy atom. The summed E-state index contributed by atoms with van der Waals surface area (Å²) in [7, 11) is 0. The molecular weight excluding hydrogens is 374 g/mol. The number of benzene rings is 1. The lowest BCUT2D eigenvalue weighted by Crippen LogP contribution is -2.23. The van der Waals surface area contributed by atoms with Gasteiger partial charge in [-0.05, 0) is 37.1 Å². The number of nitrogens with zero attached hydrogens (tertiary/aromatic N) is 4. The summed E-state index contributed by atoms with van der Waals surface area (Å²) in [6.45, 7) is 3.16. The van der Waals surface area contributed by atoms with E-state index in [9.17, 15) is 9.59 Å². The summed E-state index contributed by atoms with van der Waals surface area (Å²) in [5.41, 5.74) is 2.33. The SMILES string of the molecule is Cc1nc(-c2ncccn2)sc1C(=O)Nc1cccc(CN2CCCC2=O)c1. The molecule has 0 bridgehead atoms. The summed E-state index contributed by atoms with van der Waals surface area (Å²) in [6, 6.07) is 9.32. The fraction of sp³-hybridized carbons (Fsp3) is 0.250. The van der Waals surface area contributed by atoms with Crippen LogP contribution < -0.4 is 5.32 Å². The van der Waals surface area contributed by atoms with E-state index in [1.54, 1.807) is 25.4 Å². The van der Waals surface area contributed by atoms with E-state index < -0.39 is 0 Å². The van der Waals surface area contributed by atoms with Gasteiger partial charge in [0, 0.05) is 37.6 Å². The molecule has 0 radical (unpaired) electrons. The van der Waals surface area contributed by atoms with Gasteiger partial charge in [-0.3, -0.25) is 9.59 Å². The van der Waals surface area contributed by atoms with E-state index in [0.717, 1.165) is 18.5 Å². The van der Waals surface area contributed by atoms with Crippen molar-refractivity contribution in [1.82, 2.24) is 19.9 Å². The summed E-state index contributed by atoms with van der Waals surface area (Å²) in [6.07, 6.45) is 4.83. The van der Waals surface area contributed by atoms with Crippen molar-refractivity contribution in [3.8, 4) is 10.8 Å². The lowest BCUT2D eigenvalue weighted by Gasteiger charge is -2.16. The highest BCUT2D eigenvalue weighted by atomic mass is 32.1. The van der Waals surface area contributed by atoms with Gasteiger partial charge in [0.05, 0.1) is 5.69 Å². The molecule has 3 heterocycles. The van der Waals surface area contributed by atoms with E-state index in [1.165, 1.54) is 11.3 Å². The van der Waals surface area contributed by atoms with Crippen LogP contribution in [0.15, 0.2) is 42.7 Å². The van der Waals surface area contributed by atoms with Crippen molar-refractivity contribution in [1.29, 1.82) is 0 Å². The van der Waals surface area contributed by atoms with E-state index in [2.05, 4.69) is 20.3 Å². The Balaban J connectivity index is 1.49. The molecule has 3 aromatic rings. The Bertz CT molecular complexity index is 1020. The van der Waals surface area contributed by atoms with Gasteiger partial charge in [0.1, 0.15) is 4.88 Å². The molecule has 0 unspecified atom stereocenters. The quantitative estimate of drug-likeness (QED) is 0.719. The zero-order chi connectivity index (χ0) is 19.5. The molecule has 0 aliphatic carbocycles. The van der Waals surface area contributed by atoms with Crippen LogP contribution >= 0.6 is 11.3 Å². The second-order valence-electron chi connectivity index (χ2n) is 6.58. The third kappa shape index (κ3) is 3.91. The Hall–Kier alpha value is -3.13. The van der Waals surface area contributed by atoms with Crippen LogP contribution in [0.1, 0.15) is 33.8 Å².